The van der Waals surface area contributed by atoms with E-state index in [9.17, 15) is 9.59 Å². The molecule has 5 heterocycles. The number of nitrogens with one attached hydrogen (secondary N) is 1. The summed E-state index contributed by atoms with van der Waals surface area (Å²) in [5, 5.41) is 5.08. The average Bonchev–Trinajstić information content (AvgIpc) is 3.32. The standard InChI is InChI=1S/C25H27N3O3S/c29-22(28-9-5-18(6-10-28)15-21-2-1-13-32-21)4-3-19-14-20-16-25(7-11-31-12-8-25)24(30)27-23(20)26-17-19/h1-5,13-14,17H,6-12,15-16H2,(H,26,27,30). The van der Waals surface area contributed by atoms with Crippen molar-refractivity contribution in [3.63, 3.8) is 0 Å². The van der Waals surface area contributed by atoms with E-state index >= 15 is 0 Å². The number of amides is 2. The molecule has 0 aromatic carbocycles. The highest BCUT2D eigenvalue weighted by atomic mass is 32.1. The highest BCUT2D eigenvalue weighted by molar-refractivity contribution is 7.09. The predicted molar refractivity (Wildman–Crippen MR) is 125 cm³/mol. The number of hydrogen-bond donors (Lipinski definition) is 1. The highest BCUT2D eigenvalue weighted by Gasteiger charge is 2.43. The molecule has 7 heteroatoms. The van der Waals surface area contributed by atoms with Gasteiger partial charge in [0.05, 0.1) is 5.41 Å². The summed E-state index contributed by atoms with van der Waals surface area (Å²) in [7, 11) is 0. The van der Waals surface area contributed by atoms with Crippen LogP contribution in [0.2, 0.25) is 0 Å². The maximum absolute atomic E-state index is 12.7. The van der Waals surface area contributed by atoms with Crippen LogP contribution in [0.15, 0.2) is 47.5 Å². The molecule has 0 saturated carbocycles. The summed E-state index contributed by atoms with van der Waals surface area (Å²) in [6.07, 6.45) is 11.4. The number of pyridine rings is 1. The molecule has 0 bridgehead atoms. The number of anilines is 1. The van der Waals surface area contributed by atoms with E-state index < -0.39 is 5.41 Å². The summed E-state index contributed by atoms with van der Waals surface area (Å²) >= 11 is 1.78. The number of ether oxygens (including phenoxy) is 1. The van der Waals surface area contributed by atoms with E-state index in [1.807, 2.05) is 17.0 Å². The lowest BCUT2D eigenvalue weighted by Crippen LogP contribution is -2.45. The second-order valence-electron chi connectivity index (χ2n) is 8.79. The molecule has 2 aromatic rings. The summed E-state index contributed by atoms with van der Waals surface area (Å²) in [6, 6.07) is 6.28. The molecule has 2 aromatic heterocycles. The van der Waals surface area contributed by atoms with Gasteiger partial charge in [-0.15, -0.1) is 11.3 Å². The molecule has 3 aliphatic heterocycles. The first kappa shape index (κ1) is 21.1. The quantitative estimate of drug-likeness (QED) is 0.569. The Bertz CT molecular complexity index is 1070. The molecule has 0 aliphatic carbocycles. The number of nitrogens with zero attached hydrogens (tertiary/aromatic N) is 2. The van der Waals surface area contributed by atoms with Gasteiger partial charge in [-0.05, 0) is 60.4 Å². The van der Waals surface area contributed by atoms with Gasteiger partial charge < -0.3 is 15.0 Å². The predicted octanol–water partition coefficient (Wildman–Crippen LogP) is 3.85. The average molecular weight is 450 g/mol. The van der Waals surface area contributed by atoms with Crippen molar-refractivity contribution in [1.29, 1.82) is 0 Å². The Morgan fingerprint density at radius 1 is 1.34 bits per heavy atom. The van der Waals surface area contributed by atoms with Crippen molar-refractivity contribution in [2.75, 3.05) is 31.6 Å². The van der Waals surface area contributed by atoms with Crippen LogP contribution in [0.1, 0.15) is 35.3 Å². The number of carbonyl (C=O) groups is 2. The minimum absolute atomic E-state index is 0.0170. The van der Waals surface area contributed by atoms with Gasteiger partial charge in [-0.3, -0.25) is 9.59 Å². The van der Waals surface area contributed by atoms with E-state index in [4.69, 9.17) is 4.74 Å². The number of thiophene rings is 1. The monoisotopic (exact) mass is 449 g/mol. The van der Waals surface area contributed by atoms with Gasteiger partial charge in [0.25, 0.3) is 0 Å². The summed E-state index contributed by atoms with van der Waals surface area (Å²) in [6.45, 7) is 2.63. The van der Waals surface area contributed by atoms with Crippen LogP contribution in [0.25, 0.3) is 6.08 Å². The van der Waals surface area contributed by atoms with Gasteiger partial charge >= 0.3 is 0 Å². The fraction of sp³-hybridized carbons (Fsp3) is 0.400. The van der Waals surface area contributed by atoms with Crippen molar-refractivity contribution >= 4 is 35.0 Å². The second-order valence-corrected chi connectivity index (χ2v) is 9.82. The molecule has 0 radical (unpaired) electrons. The Morgan fingerprint density at radius 2 is 2.22 bits per heavy atom. The molecule has 1 saturated heterocycles. The summed E-state index contributed by atoms with van der Waals surface area (Å²) in [5.41, 5.74) is 2.91. The zero-order chi connectivity index (χ0) is 22.0. The summed E-state index contributed by atoms with van der Waals surface area (Å²) < 4.78 is 5.46. The molecule has 6 nitrogen and oxygen atoms in total. The van der Waals surface area contributed by atoms with Crippen molar-refractivity contribution in [1.82, 2.24) is 9.88 Å². The fourth-order valence-electron chi connectivity index (χ4n) is 4.70. The first-order valence-electron chi connectivity index (χ1n) is 11.2. The van der Waals surface area contributed by atoms with Crippen molar-refractivity contribution < 1.29 is 14.3 Å². The molecule has 1 fully saturated rings. The largest absolute Gasteiger partial charge is 0.381 e. The maximum atomic E-state index is 12.7. The van der Waals surface area contributed by atoms with E-state index in [-0.39, 0.29) is 11.8 Å². The topological polar surface area (TPSA) is 71.5 Å². The normalized spacial score (nSPS) is 20.2. The van der Waals surface area contributed by atoms with E-state index in [2.05, 4.69) is 33.9 Å². The van der Waals surface area contributed by atoms with E-state index in [1.54, 1.807) is 23.6 Å². The highest BCUT2D eigenvalue weighted by Crippen LogP contribution is 2.40. The van der Waals surface area contributed by atoms with E-state index in [0.717, 1.165) is 43.4 Å². The lowest BCUT2D eigenvalue weighted by atomic mass is 9.72. The van der Waals surface area contributed by atoms with Gasteiger partial charge in [0, 0.05) is 49.9 Å². The van der Waals surface area contributed by atoms with Crippen molar-refractivity contribution in [2.45, 2.75) is 32.1 Å². The lowest BCUT2D eigenvalue weighted by Gasteiger charge is -2.39. The Labute approximate surface area is 192 Å². The van der Waals surface area contributed by atoms with Crippen LogP contribution in [0, 0.1) is 5.41 Å². The summed E-state index contributed by atoms with van der Waals surface area (Å²) in [4.78, 5) is 33.0. The van der Waals surface area contributed by atoms with Gasteiger partial charge in [-0.25, -0.2) is 4.98 Å². The zero-order valence-corrected chi connectivity index (χ0v) is 18.8. The van der Waals surface area contributed by atoms with Crippen LogP contribution in [-0.4, -0.2) is 48.0 Å². The van der Waals surface area contributed by atoms with Crippen LogP contribution in [0.5, 0.6) is 0 Å². The van der Waals surface area contributed by atoms with Crippen molar-refractivity contribution in [3.05, 3.63) is 63.5 Å². The molecule has 32 heavy (non-hydrogen) atoms. The van der Waals surface area contributed by atoms with Crippen LogP contribution in [-0.2, 0) is 27.2 Å². The van der Waals surface area contributed by atoms with Crippen molar-refractivity contribution in [3.8, 4) is 0 Å². The first-order valence-corrected chi connectivity index (χ1v) is 12.0. The minimum atomic E-state index is -0.397. The molecule has 1 spiro atoms. The smallest absolute Gasteiger partial charge is 0.246 e. The third-order valence-corrected chi connectivity index (χ3v) is 7.57. The Hall–Kier alpha value is -2.77. The third-order valence-electron chi connectivity index (χ3n) is 6.69. The minimum Gasteiger partial charge on any atom is -0.381 e. The number of carbonyl (C=O) groups excluding carboxylic acids is 2. The van der Waals surface area contributed by atoms with Crippen LogP contribution >= 0.6 is 11.3 Å². The first-order chi connectivity index (χ1) is 15.6. The molecule has 1 N–H and O–H groups in total. The summed E-state index contributed by atoms with van der Waals surface area (Å²) in [5.74, 6) is 0.703. The number of rotatable bonds is 4. The molecular weight excluding hydrogens is 422 g/mol. The Balaban J connectivity index is 1.23. The van der Waals surface area contributed by atoms with Gasteiger partial charge in [0.2, 0.25) is 11.8 Å². The van der Waals surface area contributed by atoms with Gasteiger partial charge in [-0.1, -0.05) is 17.7 Å². The maximum Gasteiger partial charge on any atom is 0.246 e. The Morgan fingerprint density at radius 3 is 2.97 bits per heavy atom. The van der Waals surface area contributed by atoms with Crippen LogP contribution in [0.3, 0.4) is 0 Å². The van der Waals surface area contributed by atoms with E-state index in [1.165, 1.54) is 10.5 Å². The Kier molecular flexibility index (Phi) is 5.93. The lowest BCUT2D eigenvalue weighted by molar-refractivity contribution is -0.131. The molecular formula is C25H27N3O3S. The SMILES string of the molecule is O=C(C=Cc1cnc2c(c1)CC1(CCOCC1)C(=O)N2)N1CC=C(Cc2cccs2)CC1. The number of fused-ring (bicyclic) bond motifs is 1. The molecule has 0 atom stereocenters. The molecule has 2 amide bonds. The second kappa shape index (κ2) is 9.00. The van der Waals surface area contributed by atoms with Crippen LogP contribution < -0.4 is 5.32 Å². The molecule has 166 valence electrons. The van der Waals surface area contributed by atoms with Gasteiger partial charge in [0.1, 0.15) is 5.82 Å². The van der Waals surface area contributed by atoms with Gasteiger partial charge in [0.15, 0.2) is 0 Å². The van der Waals surface area contributed by atoms with Crippen molar-refractivity contribution in [2.24, 2.45) is 5.41 Å². The van der Waals surface area contributed by atoms with E-state index in [0.29, 0.717) is 32.0 Å². The molecule has 0 unspecified atom stereocenters. The van der Waals surface area contributed by atoms with Gasteiger partial charge in [-0.2, -0.15) is 0 Å². The number of aromatic nitrogens is 1. The third kappa shape index (κ3) is 4.40. The van der Waals surface area contributed by atoms with Crippen LogP contribution in [0.4, 0.5) is 5.82 Å². The molecule has 5 rings (SSSR count). The number of hydrogen-bond acceptors (Lipinski definition) is 5. The molecule has 3 aliphatic rings. The fourth-order valence-corrected chi connectivity index (χ4v) is 5.46. The zero-order valence-electron chi connectivity index (χ0n) is 18.0.